The molecular formula is C28H35N3O4. The van der Waals surface area contributed by atoms with Crippen molar-refractivity contribution in [3.63, 3.8) is 0 Å². The molecule has 1 aromatic carbocycles. The van der Waals surface area contributed by atoms with Gasteiger partial charge in [-0.25, -0.2) is 9.78 Å². The molecule has 1 atom stereocenters. The second-order valence-electron chi connectivity index (χ2n) is 10.3. The van der Waals surface area contributed by atoms with Crippen molar-refractivity contribution in [1.29, 1.82) is 0 Å². The summed E-state index contributed by atoms with van der Waals surface area (Å²) in [5.74, 6) is 0.313. The summed E-state index contributed by atoms with van der Waals surface area (Å²) in [5.41, 5.74) is 4.83. The zero-order chi connectivity index (χ0) is 24.2. The quantitative estimate of drug-likeness (QED) is 0.484. The summed E-state index contributed by atoms with van der Waals surface area (Å²) < 4.78 is 5.93. The number of aromatic nitrogens is 1. The molecule has 0 radical (unpaired) electrons. The van der Waals surface area contributed by atoms with Crippen molar-refractivity contribution < 1.29 is 19.4 Å². The van der Waals surface area contributed by atoms with E-state index in [-0.39, 0.29) is 24.3 Å². The van der Waals surface area contributed by atoms with Gasteiger partial charge in [0.15, 0.2) is 0 Å². The molecular weight excluding hydrogens is 442 g/mol. The van der Waals surface area contributed by atoms with Gasteiger partial charge in [-0.1, -0.05) is 30.3 Å². The summed E-state index contributed by atoms with van der Waals surface area (Å²) in [5, 5.41) is 15.7. The number of fused-ring (bicyclic) bond motifs is 2. The largest absolute Gasteiger partial charge is 0.480 e. The summed E-state index contributed by atoms with van der Waals surface area (Å²) >= 11 is 0. The van der Waals surface area contributed by atoms with Crippen LogP contribution in [0, 0.1) is 11.8 Å². The molecule has 2 heterocycles. The van der Waals surface area contributed by atoms with E-state index in [1.54, 1.807) is 0 Å². The maximum Gasteiger partial charge on any atom is 0.326 e. The first-order valence-corrected chi connectivity index (χ1v) is 13.0. The van der Waals surface area contributed by atoms with Crippen LogP contribution < -0.4 is 10.6 Å². The minimum atomic E-state index is -1.00. The third-order valence-electron chi connectivity index (χ3n) is 7.75. The zero-order valence-electron chi connectivity index (χ0n) is 20.2. The van der Waals surface area contributed by atoms with Crippen LogP contribution in [0.25, 0.3) is 0 Å². The average molecular weight is 478 g/mol. The minimum absolute atomic E-state index is 0.178. The number of carboxylic acid groups (broad SMARTS) is 1. The van der Waals surface area contributed by atoms with Gasteiger partial charge in [-0.05, 0) is 80.0 Å². The topological polar surface area (TPSA) is 101 Å². The van der Waals surface area contributed by atoms with E-state index in [2.05, 4.69) is 22.8 Å². The summed E-state index contributed by atoms with van der Waals surface area (Å²) in [7, 11) is 0. The predicted octanol–water partition coefficient (Wildman–Crippen LogP) is 3.54. The van der Waals surface area contributed by atoms with E-state index in [0.29, 0.717) is 25.4 Å². The number of carboxylic acids is 1. The van der Waals surface area contributed by atoms with E-state index in [4.69, 9.17) is 9.72 Å². The highest BCUT2D eigenvalue weighted by molar-refractivity contribution is 5.85. The van der Waals surface area contributed by atoms with Crippen LogP contribution in [0.2, 0.25) is 0 Å². The maximum absolute atomic E-state index is 12.7. The molecule has 1 fully saturated rings. The molecule has 5 rings (SSSR count). The van der Waals surface area contributed by atoms with E-state index in [0.717, 1.165) is 50.2 Å². The molecule has 1 unspecified atom stereocenters. The molecule has 1 aromatic heterocycles. The van der Waals surface area contributed by atoms with Gasteiger partial charge >= 0.3 is 5.97 Å². The molecule has 3 N–H and O–H groups in total. The van der Waals surface area contributed by atoms with Crippen LogP contribution in [-0.2, 0) is 40.0 Å². The van der Waals surface area contributed by atoms with Crippen molar-refractivity contribution in [1.82, 2.24) is 10.3 Å². The minimum Gasteiger partial charge on any atom is -0.480 e. The monoisotopic (exact) mass is 477 g/mol. The van der Waals surface area contributed by atoms with E-state index in [1.807, 2.05) is 24.3 Å². The van der Waals surface area contributed by atoms with Crippen LogP contribution in [-0.4, -0.2) is 47.3 Å². The molecule has 1 aliphatic heterocycles. The number of aliphatic carboxylic acids is 1. The van der Waals surface area contributed by atoms with Crippen LogP contribution in [0.5, 0.6) is 0 Å². The highest BCUT2D eigenvalue weighted by Gasteiger charge is 2.32. The number of nitrogens with one attached hydrogen (secondary N) is 2. The fraction of sp³-hybridized carbons (Fsp3) is 0.536. The van der Waals surface area contributed by atoms with Crippen LogP contribution in [0.1, 0.15) is 54.5 Å². The van der Waals surface area contributed by atoms with Gasteiger partial charge < -0.3 is 20.5 Å². The maximum atomic E-state index is 12.7. The fourth-order valence-electron chi connectivity index (χ4n) is 5.55. The fourth-order valence-corrected chi connectivity index (χ4v) is 5.55. The average Bonchev–Trinajstić information content (AvgIpc) is 3.28. The van der Waals surface area contributed by atoms with Gasteiger partial charge in [0.25, 0.3) is 0 Å². The molecule has 0 bridgehead atoms. The number of carbonyl (C=O) groups excluding carboxylic acids is 1. The molecule has 2 aromatic rings. The van der Waals surface area contributed by atoms with Crippen molar-refractivity contribution in [2.45, 2.75) is 69.9 Å². The Labute approximate surface area is 206 Å². The molecule has 0 saturated heterocycles. The number of carbonyl (C=O) groups is 2. The number of amides is 1. The number of hydrogen-bond acceptors (Lipinski definition) is 5. The third kappa shape index (κ3) is 5.84. The summed E-state index contributed by atoms with van der Waals surface area (Å²) in [6, 6.07) is 11.5. The van der Waals surface area contributed by atoms with Crippen molar-refractivity contribution in [2.24, 2.45) is 11.8 Å². The lowest BCUT2D eigenvalue weighted by Gasteiger charge is -2.35. The Morgan fingerprint density at radius 2 is 1.89 bits per heavy atom. The molecule has 1 amide bonds. The smallest absolute Gasteiger partial charge is 0.326 e. The van der Waals surface area contributed by atoms with E-state index < -0.39 is 12.0 Å². The first-order valence-electron chi connectivity index (χ1n) is 13.0. The molecule has 7 heteroatoms. The lowest BCUT2D eigenvalue weighted by Crippen LogP contribution is -2.45. The first kappa shape index (κ1) is 23.8. The van der Waals surface area contributed by atoms with Gasteiger partial charge in [0.2, 0.25) is 5.91 Å². The second-order valence-corrected chi connectivity index (χ2v) is 10.3. The number of benzene rings is 1. The third-order valence-corrected chi connectivity index (χ3v) is 7.75. The number of aryl methyl sites for hydroxylation is 2. The molecule has 186 valence electrons. The van der Waals surface area contributed by atoms with Gasteiger partial charge in [-0.15, -0.1) is 0 Å². The van der Waals surface area contributed by atoms with Gasteiger partial charge in [0.05, 0.1) is 6.10 Å². The van der Waals surface area contributed by atoms with E-state index in [9.17, 15) is 14.7 Å². The second kappa shape index (κ2) is 10.8. The SMILES string of the molecule is O=C(NC(CCOC1CC(CCc2ccc3c(n2)NCCC3)C1)C(=O)O)C1Cc2ccccc2C1. The van der Waals surface area contributed by atoms with Crippen molar-refractivity contribution in [3.05, 3.63) is 58.8 Å². The summed E-state index contributed by atoms with van der Waals surface area (Å²) in [6.07, 6.45) is 8.19. The van der Waals surface area contributed by atoms with Crippen molar-refractivity contribution in [2.75, 3.05) is 18.5 Å². The number of ether oxygens (including phenoxy) is 1. The Hall–Kier alpha value is -2.93. The Balaban J connectivity index is 0.994. The van der Waals surface area contributed by atoms with Crippen LogP contribution in [0.15, 0.2) is 36.4 Å². The van der Waals surface area contributed by atoms with Gasteiger partial charge in [0, 0.05) is 31.2 Å². The van der Waals surface area contributed by atoms with Crippen molar-refractivity contribution in [3.8, 4) is 0 Å². The first-order chi connectivity index (χ1) is 17.0. The highest BCUT2D eigenvalue weighted by atomic mass is 16.5. The molecule has 2 aliphatic carbocycles. The summed E-state index contributed by atoms with van der Waals surface area (Å²) in [6.45, 7) is 1.35. The highest BCUT2D eigenvalue weighted by Crippen LogP contribution is 2.34. The van der Waals surface area contributed by atoms with Gasteiger partial charge in [0.1, 0.15) is 11.9 Å². The Morgan fingerprint density at radius 1 is 1.11 bits per heavy atom. The van der Waals surface area contributed by atoms with Crippen LogP contribution in [0.3, 0.4) is 0 Å². The number of hydrogen-bond donors (Lipinski definition) is 3. The standard InChI is InChI=1S/C28H35N3O4/c32-27(22-16-20-4-1-2-5-21(20)17-22)31-25(28(33)34)11-13-35-24-14-18(15-24)7-9-23-10-8-19-6-3-12-29-26(19)30-23/h1-2,4-5,8,10,18,22,24-25H,3,6-7,9,11-17H2,(H,29,30)(H,31,32)(H,33,34). The number of nitrogens with zero attached hydrogens (tertiary/aromatic N) is 1. The molecule has 3 aliphatic rings. The summed E-state index contributed by atoms with van der Waals surface area (Å²) in [4.78, 5) is 29.2. The Bertz CT molecular complexity index is 1040. The number of anilines is 1. The lowest BCUT2D eigenvalue weighted by atomic mass is 9.79. The number of rotatable bonds is 10. The molecule has 1 saturated carbocycles. The lowest BCUT2D eigenvalue weighted by molar-refractivity contribution is -0.143. The van der Waals surface area contributed by atoms with Gasteiger partial charge in [-0.3, -0.25) is 4.79 Å². The van der Waals surface area contributed by atoms with Crippen LogP contribution >= 0.6 is 0 Å². The van der Waals surface area contributed by atoms with E-state index >= 15 is 0 Å². The van der Waals surface area contributed by atoms with Crippen LogP contribution in [0.4, 0.5) is 5.82 Å². The predicted molar refractivity (Wildman–Crippen MR) is 133 cm³/mol. The number of pyridine rings is 1. The van der Waals surface area contributed by atoms with Crippen molar-refractivity contribution >= 4 is 17.7 Å². The molecule has 0 spiro atoms. The normalized spacial score (nSPS) is 21.8. The molecule has 35 heavy (non-hydrogen) atoms. The van der Waals surface area contributed by atoms with Gasteiger partial charge in [-0.2, -0.15) is 0 Å². The molecule has 7 nitrogen and oxygen atoms in total. The Kier molecular flexibility index (Phi) is 7.32. The zero-order valence-corrected chi connectivity index (χ0v) is 20.2. The van der Waals surface area contributed by atoms with E-state index in [1.165, 1.54) is 23.1 Å². The Morgan fingerprint density at radius 3 is 2.63 bits per heavy atom.